The topological polar surface area (TPSA) is 35.5 Å². The molecule has 2 aliphatic rings. The lowest BCUT2D eigenvalue weighted by Gasteiger charge is -2.20. The molecular formula is C6H11O3P. The van der Waals surface area contributed by atoms with Crippen molar-refractivity contribution in [3.05, 3.63) is 0 Å². The van der Waals surface area contributed by atoms with Gasteiger partial charge in [0.25, 0.3) is 0 Å². The van der Waals surface area contributed by atoms with E-state index >= 15 is 0 Å². The summed E-state index contributed by atoms with van der Waals surface area (Å²) in [6, 6.07) is 0. The molecule has 0 amide bonds. The minimum absolute atomic E-state index is 0.153. The van der Waals surface area contributed by atoms with Crippen LogP contribution in [0, 0.1) is 0 Å². The lowest BCUT2D eigenvalue weighted by molar-refractivity contribution is 0.110. The van der Waals surface area contributed by atoms with E-state index in [1.807, 2.05) is 0 Å². The molecular weight excluding hydrogens is 151 g/mol. The number of hydrogen-bond donors (Lipinski definition) is 0. The highest BCUT2D eigenvalue weighted by Crippen LogP contribution is 2.43. The van der Waals surface area contributed by atoms with Crippen LogP contribution >= 0.6 is 8.25 Å². The highest BCUT2D eigenvalue weighted by Gasteiger charge is 2.35. The Morgan fingerprint density at radius 3 is 2.10 bits per heavy atom. The van der Waals surface area contributed by atoms with Crippen molar-refractivity contribution in [3.8, 4) is 0 Å². The van der Waals surface area contributed by atoms with E-state index in [0.29, 0.717) is 0 Å². The Morgan fingerprint density at radius 1 is 1.10 bits per heavy atom. The van der Waals surface area contributed by atoms with E-state index in [1.54, 1.807) is 0 Å². The van der Waals surface area contributed by atoms with Gasteiger partial charge in [0.2, 0.25) is 0 Å². The van der Waals surface area contributed by atoms with Crippen molar-refractivity contribution in [2.45, 2.75) is 37.9 Å². The van der Waals surface area contributed by atoms with E-state index in [2.05, 4.69) is 0 Å². The molecule has 1 heterocycles. The predicted molar refractivity (Wildman–Crippen MR) is 37.2 cm³/mol. The van der Waals surface area contributed by atoms with Crippen LogP contribution in [0.5, 0.6) is 0 Å². The molecule has 0 aromatic heterocycles. The number of rotatable bonds is 0. The lowest BCUT2D eigenvalue weighted by Crippen LogP contribution is -2.25. The van der Waals surface area contributed by atoms with Gasteiger partial charge in [-0.05, 0) is 12.8 Å². The molecule has 1 saturated carbocycles. The zero-order valence-corrected chi connectivity index (χ0v) is 6.71. The van der Waals surface area contributed by atoms with Crippen LogP contribution in [0.1, 0.15) is 25.7 Å². The monoisotopic (exact) mass is 162 g/mol. The molecule has 0 aromatic rings. The molecule has 1 aliphatic heterocycles. The van der Waals surface area contributed by atoms with Gasteiger partial charge in [-0.2, -0.15) is 0 Å². The average molecular weight is 162 g/mol. The van der Waals surface area contributed by atoms with Gasteiger partial charge in [0, 0.05) is 0 Å². The van der Waals surface area contributed by atoms with Gasteiger partial charge < -0.3 is 9.05 Å². The molecule has 2 atom stereocenters. The second-order valence-corrected chi connectivity index (χ2v) is 3.82. The Kier molecular flexibility index (Phi) is 1.81. The van der Waals surface area contributed by atoms with Gasteiger partial charge in [0.15, 0.2) is 0 Å². The highest BCUT2D eigenvalue weighted by molar-refractivity contribution is 7.33. The number of hydrogen-bond acceptors (Lipinski definition) is 3. The standard InChI is InChI=1S/C6H11O3P/c7-10-8-5-3-1-2-4-6(5)9-10/h5-6,10H,1-4H2. The summed E-state index contributed by atoms with van der Waals surface area (Å²) in [5, 5.41) is 0. The van der Waals surface area contributed by atoms with Gasteiger partial charge in [-0.3, -0.25) is 4.57 Å². The average Bonchev–Trinajstić information content (AvgIpc) is 2.27. The van der Waals surface area contributed by atoms with Crippen LogP contribution < -0.4 is 0 Å². The normalized spacial score (nSPS) is 47.0. The van der Waals surface area contributed by atoms with Gasteiger partial charge in [0.1, 0.15) is 0 Å². The predicted octanol–water partition coefficient (Wildman–Crippen LogP) is 1.73. The van der Waals surface area contributed by atoms with Crippen LogP contribution in [0.2, 0.25) is 0 Å². The summed E-state index contributed by atoms with van der Waals surface area (Å²) >= 11 is 0. The van der Waals surface area contributed by atoms with Gasteiger partial charge >= 0.3 is 8.25 Å². The maximum Gasteiger partial charge on any atom is 0.319 e. The number of fused-ring (bicyclic) bond motifs is 1. The first-order valence-electron chi connectivity index (χ1n) is 3.73. The third-order valence-corrected chi connectivity index (χ3v) is 3.13. The molecule has 1 saturated heterocycles. The van der Waals surface area contributed by atoms with Gasteiger partial charge in [-0.1, -0.05) is 12.8 Å². The fraction of sp³-hybridized carbons (Fsp3) is 1.00. The molecule has 2 rings (SSSR count). The summed E-state index contributed by atoms with van der Waals surface area (Å²) in [5.74, 6) is 0. The molecule has 2 fully saturated rings. The van der Waals surface area contributed by atoms with Gasteiger partial charge in [-0.15, -0.1) is 0 Å². The molecule has 1 aliphatic carbocycles. The Hall–Kier alpha value is 0.150. The van der Waals surface area contributed by atoms with E-state index in [4.69, 9.17) is 9.05 Å². The fourth-order valence-corrected chi connectivity index (χ4v) is 2.70. The van der Waals surface area contributed by atoms with E-state index in [-0.39, 0.29) is 12.2 Å². The summed E-state index contributed by atoms with van der Waals surface area (Å²) < 4.78 is 20.9. The first-order valence-corrected chi connectivity index (χ1v) is 4.96. The minimum atomic E-state index is -2.09. The maximum atomic E-state index is 10.8. The van der Waals surface area contributed by atoms with Crippen molar-refractivity contribution < 1.29 is 13.6 Å². The van der Waals surface area contributed by atoms with Crippen molar-refractivity contribution in [3.63, 3.8) is 0 Å². The van der Waals surface area contributed by atoms with Crippen LogP contribution in [0.3, 0.4) is 0 Å². The Bertz CT molecular complexity index is 143. The first-order chi connectivity index (χ1) is 4.86. The summed E-state index contributed by atoms with van der Waals surface area (Å²) in [5.41, 5.74) is 0. The van der Waals surface area contributed by atoms with Crippen molar-refractivity contribution >= 4 is 8.25 Å². The van der Waals surface area contributed by atoms with Crippen LogP contribution in [-0.2, 0) is 13.6 Å². The van der Waals surface area contributed by atoms with E-state index < -0.39 is 8.25 Å². The quantitative estimate of drug-likeness (QED) is 0.509. The van der Waals surface area contributed by atoms with Crippen LogP contribution in [0.4, 0.5) is 0 Å². The fourth-order valence-electron chi connectivity index (χ4n) is 1.61. The summed E-state index contributed by atoms with van der Waals surface area (Å²) in [6.07, 6.45) is 4.75. The summed E-state index contributed by atoms with van der Waals surface area (Å²) in [7, 11) is -2.09. The van der Waals surface area contributed by atoms with Crippen LogP contribution in [-0.4, -0.2) is 12.2 Å². The van der Waals surface area contributed by atoms with Crippen molar-refractivity contribution in [1.82, 2.24) is 0 Å². The minimum Gasteiger partial charge on any atom is -0.305 e. The smallest absolute Gasteiger partial charge is 0.305 e. The van der Waals surface area contributed by atoms with Crippen molar-refractivity contribution in [2.24, 2.45) is 0 Å². The zero-order valence-electron chi connectivity index (χ0n) is 5.71. The van der Waals surface area contributed by atoms with Crippen molar-refractivity contribution in [2.75, 3.05) is 0 Å². The Morgan fingerprint density at radius 2 is 1.60 bits per heavy atom. The molecule has 0 N–H and O–H groups in total. The van der Waals surface area contributed by atoms with Crippen molar-refractivity contribution in [1.29, 1.82) is 0 Å². The summed E-state index contributed by atoms with van der Waals surface area (Å²) in [6.45, 7) is 0. The molecule has 0 radical (unpaired) electrons. The molecule has 58 valence electrons. The summed E-state index contributed by atoms with van der Waals surface area (Å²) in [4.78, 5) is 0. The van der Waals surface area contributed by atoms with Crippen LogP contribution in [0.25, 0.3) is 0 Å². The molecule has 3 nitrogen and oxygen atoms in total. The van der Waals surface area contributed by atoms with Crippen LogP contribution in [0.15, 0.2) is 0 Å². The van der Waals surface area contributed by atoms with E-state index in [0.717, 1.165) is 12.8 Å². The third-order valence-electron chi connectivity index (χ3n) is 2.14. The molecule has 0 spiro atoms. The molecule has 0 bridgehead atoms. The highest BCUT2D eigenvalue weighted by atomic mass is 31.1. The lowest BCUT2D eigenvalue weighted by atomic mass is 9.95. The molecule has 0 aromatic carbocycles. The van der Waals surface area contributed by atoms with Gasteiger partial charge in [-0.25, -0.2) is 0 Å². The second-order valence-electron chi connectivity index (χ2n) is 2.85. The Labute approximate surface area is 60.7 Å². The third kappa shape index (κ3) is 1.14. The van der Waals surface area contributed by atoms with E-state index in [1.165, 1.54) is 12.8 Å². The second kappa shape index (κ2) is 2.65. The largest absolute Gasteiger partial charge is 0.319 e. The zero-order chi connectivity index (χ0) is 6.97. The van der Waals surface area contributed by atoms with E-state index in [9.17, 15) is 4.57 Å². The van der Waals surface area contributed by atoms with Gasteiger partial charge in [0.05, 0.1) is 12.2 Å². The molecule has 4 heteroatoms. The molecule has 10 heavy (non-hydrogen) atoms. The first kappa shape index (κ1) is 6.84. The Balaban J connectivity index is 2.04. The SMILES string of the molecule is O=[PH]1OC2CCCCC2O1. The molecule has 2 unspecified atom stereocenters. The maximum absolute atomic E-state index is 10.8.